The average molecular weight is 237 g/mol. The highest BCUT2D eigenvalue weighted by molar-refractivity contribution is 5.54. The Morgan fingerprint density at radius 1 is 1.29 bits per heavy atom. The SMILES string of the molecule is C/C(=C/c1ccccc1)C1(CN)CC(F)(F)C1. The van der Waals surface area contributed by atoms with Gasteiger partial charge in [0.2, 0.25) is 5.92 Å². The lowest BCUT2D eigenvalue weighted by atomic mass is 9.62. The van der Waals surface area contributed by atoms with Gasteiger partial charge in [-0.2, -0.15) is 0 Å². The largest absolute Gasteiger partial charge is 0.330 e. The summed E-state index contributed by atoms with van der Waals surface area (Å²) < 4.78 is 26.1. The summed E-state index contributed by atoms with van der Waals surface area (Å²) in [6.45, 7) is 2.19. The third-order valence-electron chi connectivity index (χ3n) is 3.60. The summed E-state index contributed by atoms with van der Waals surface area (Å²) in [5.74, 6) is -2.54. The van der Waals surface area contributed by atoms with Crippen molar-refractivity contribution in [3.05, 3.63) is 41.5 Å². The fourth-order valence-corrected chi connectivity index (χ4v) is 2.47. The van der Waals surface area contributed by atoms with Gasteiger partial charge < -0.3 is 5.73 Å². The van der Waals surface area contributed by atoms with Gasteiger partial charge in [0.25, 0.3) is 0 Å². The third-order valence-corrected chi connectivity index (χ3v) is 3.60. The molecular formula is C14H17F2N. The Labute approximate surface area is 100 Å². The van der Waals surface area contributed by atoms with Crippen LogP contribution >= 0.6 is 0 Å². The van der Waals surface area contributed by atoms with E-state index in [9.17, 15) is 8.78 Å². The molecule has 0 radical (unpaired) electrons. The third kappa shape index (κ3) is 2.39. The zero-order valence-electron chi connectivity index (χ0n) is 9.92. The Kier molecular flexibility index (Phi) is 3.04. The molecular weight excluding hydrogens is 220 g/mol. The Balaban J connectivity index is 2.20. The van der Waals surface area contributed by atoms with Crippen molar-refractivity contribution in [3.63, 3.8) is 0 Å². The summed E-state index contributed by atoms with van der Waals surface area (Å²) in [5.41, 5.74) is 7.16. The predicted molar refractivity (Wildman–Crippen MR) is 65.8 cm³/mol. The van der Waals surface area contributed by atoms with Gasteiger partial charge in [-0.15, -0.1) is 0 Å². The molecule has 1 aromatic carbocycles. The Hall–Kier alpha value is -1.22. The smallest absolute Gasteiger partial charge is 0.249 e. The van der Waals surface area contributed by atoms with E-state index in [4.69, 9.17) is 5.73 Å². The molecule has 0 saturated heterocycles. The van der Waals surface area contributed by atoms with Gasteiger partial charge in [0, 0.05) is 24.8 Å². The molecule has 0 heterocycles. The Morgan fingerprint density at radius 3 is 2.35 bits per heavy atom. The number of nitrogens with two attached hydrogens (primary N) is 1. The predicted octanol–water partition coefficient (Wildman–Crippen LogP) is 3.46. The minimum atomic E-state index is -2.54. The van der Waals surface area contributed by atoms with E-state index < -0.39 is 11.3 Å². The zero-order valence-corrected chi connectivity index (χ0v) is 9.92. The molecule has 0 unspecified atom stereocenters. The van der Waals surface area contributed by atoms with E-state index in [1.54, 1.807) is 0 Å². The van der Waals surface area contributed by atoms with Crippen LogP contribution in [0.25, 0.3) is 6.08 Å². The average Bonchev–Trinajstić information content (AvgIpc) is 2.26. The van der Waals surface area contributed by atoms with E-state index in [1.165, 1.54) is 0 Å². The van der Waals surface area contributed by atoms with Crippen LogP contribution in [0.3, 0.4) is 0 Å². The summed E-state index contributed by atoms with van der Waals surface area (Å²) in [5, 5.41) is 0. The van der Waals surface area contributed by atoms with Crippen LogP contribution in [0.1, 0.15) is 25.3 Å². The second kappa shape index (κ2) is 4.22. The van der Waals surface area contributed by atoms with Gasteiger partial charge in [-0.1, -0.05) is 42.0 Å². The van der Waals surface area contributed by atoms with Crippen molar-refractivity contribution in [2.75, 3.05) is 6.54 Å². The fourth-order valence-electron chi connectivity index (χ4n) is 2.47. The molecule has 1 nitrogen and oxygen atoms in total. The molecule has 2 rings (SSSR count). The minimum absolute atomic E-state index is 0.119. The van der Waals surface area contributed by atoms with Crippen LogP contribution in [-0.2, 0) is 0 Å². The van der Waals surface area contributed by atoms with Crippen molar-refractivity contribution in [1.29, 1.82) is 0 Å². The van der Waals surface area contributed by atoms with Crippen LogP contribution in [-0.4, -0.2) is 12.5 Å². The molecule has 0 aliphatic heterocycles. The Morgan fingerprint density at radius 2 is 1.88 bits per heavy atom. The van der Waals surface area contributed by atoms with Crippen molar-refractivity contribution in [2.45, 2.75) is 25.7 Å². The van der Waals surface area contributed by atoms with Crippen LogP contribution in [0.15, 0.2) is 35.9 Å². The summed E-state index contributed by atoms with van der Waals surface area (Å²) >= 11 is 0. The lowest BCUT2D eigenvalue weighted by Gasteiger charge is -2.47. The molecule has 0 spiro atoms. The molecule has 1 aliphatic rings. The molecule has 0 atom stereocenters. The summed E-state index contributed by atoms with van der Waals surface area (Å²) in [4.78, 5) is 0. The van der Waals surface area contributed by atoms with Crippen LogP contribution in [0.4, 0.5) is 8.78 Å². The van der Waals surface area contributed by atoms with Crippen molar-refractivity contribution >= 4 is 6.08 Å². The first-order chi connectivity index (χ1) is 7.97. The van der Waals surface area contributed by atoms with Crippen molar-refractivity contribution in [3.8, 4) is 0 Å². The van der Waals surface area contributed by atoms with Crippen molar-refractivity contribution < 1.29 is 8.78 Å². The number of halogens is 2. The minimum Gasteiger partial charge on any atom is -0.330 e. The van der Waals surface area contributed by atoms with Gasteiger partial charge in [-0.3, -0.25) is 0 Å². The van der Waals surface area contributed by atoms with E-state index in [0.717, 1.165) is 11.1 Å². The van der Waals surface area contributed by atoms with Gasteiger partial charge in [0.05, 0.1) is 0 Å². The molecule has 2 N–H and O–H groups in total. The van der Waals surface area contributed by atoms with E-state index in [2.05, 4.69) is 0 Å². The first-order valence-electron chi connectivity index (χ1n) is 5.79. The van der Waals surface area contributed by atoms with Crippen molar-refractivity contribution in [2.24, 2.45) is 11.1 Å². The number of benzene rings is 1. The summed E-state index contributed by atoms with van der Waals surface area (Å²) in [6.07, 6.45) is 1.72. The second-order valence-corrected chi connectivity index (χ2v) is 4.93. The number of hydrogen-bond donors (Lipinski definition) is 1. The van der Waals surface area contributed by atoms with Gasteiger partial charge in [0.1, 0.15) is 0 Å². The van der Waals surface area contributed by atoms with Gasteiger partial charge in [0.15, 0.2) is 0 Å². The molecule has 0 aromatic heterocycles. The quantitative estimate of drug-likeness (QED) is 0.856. The van der Waals surface area contributed by atoms with Gasteiger partial charge in [-0.05, 0) is 12.5 Å². The topological polar surface area (TPSA) is 26.0 Å². The zero-order chi connectivity index (χ0) is 12.5. The maximum Gasteiger partial charge on any atom is 0.249 e. The molecule has 1 fully saturated rings. The molecule has 0 bridgehead atoms. The first kappa shape index (κ1) is 12.2. The van der Waals surface area contributed by atoms with Crippen LogP contribution in [0.2, 0.25) is 0 Å². The normalized spacial score (nSPS) is 22.0. The number of hydrogen-bond acceptors (Lipinski definition) is 1. The highest BCUT2D eigenvalue weighted by atomic mass is 19.3. The van der Waals surface area contributed by atoms with Gasteiger partial charge >= 0.3 is 0 Å². The monoisotopic (exact) mass is 237 g/mol. The van der Waals surface area contributed by atoms with E-state index >= 15 is 0 Å². The Bertz CT molecular complexity index is 415. The molecule has 1 aliphatic carbocycles. The molecule has 1 saturated carbocycles. The van der Waals surface area contributed by atoms with E-state index in [1.807, 2.05) is 43.3 Å². The van der Waals surface area contributed by atoms with Crippen LogP contribution in [0, 0.1) is 5.41 Å². The molecule has 17 heavy (non-hydrogen) atoms. The molecule has 3 heteroatoms. The summed E-state index contributed by atoms with van der Waals surface area (Å²) in [6, 6.07) is 9.73. The maximum absolute atomic E-state index is 13.0. The van der Waals surface area contributed by atoms with E-state index in [0.29, 0.717) is 0 Å². The molecule has 1 aromatic rings. The van der Waals surface area contributed by atoms with E-state index in [-0.39, 0.29) is 19.4 Å². The lowest BCUT2D eigenvalue weighted by molar-refractivity contribution is -0.141. The lowest BCUT2D eigenvalue weighted by Crippen LogP contribution is -2.51. The highest BCUT2D eigenvalue weighted by Gasteiger charge is 2.56. The van der Waals surface area contributed by atoms with Crippen molar-refractivity contribution in [1.82, 2.24) is 0 Å². The fraction of sp³-hybridized carbons (Fsp3) is 0.429. The van der Waals surface area contributed by atoms with Crippen LogP contribution < -0.4 is 5.73 Å². The van der Waals surface area contributed by atoms with Crippen LogP contribution in [0.5, 0.6) is 0 Å². The molecule has 0 amide bonds. The highest BCUT2D eigenvalue weighted by Crippen LogP contribution is 2.55. The summed E-state index contributed by atoms with van der Waals surface area (Å²) in [7, 11) is 0. The molecule has 92 valence electrons. The second-order valence-electron chi connectivity index (χ2n) is 4.93. The standard InChI is InChI=1S/C14H17F2N/c1-11(7-12-5-3-2-4-6-12)13(10-17)8-14(15,16)9-13/h2-7H,8-10,17H2,1H3/b11-7-. The number of alkyl halides is 2. The van der Waals surface area contributed by atoms with Gasteiger partial charge in [-0.25, -0.2) is 8.78 Å². The number of rotatable bonds is 3. The maximum atomic E-state index is 13.0. The first-order valence-corrected chi connectivity index (χ1v) is 5.79.